The van der Waals surface area contributed by atoms with Crippen molar-refractivity contribution in [2.45, 2.75) is 12.8 Å². The summed E-state index contributed by atoms with van der Waals surface area (Å²) in [5.74, 6) is -2.21. The highest BCUT2D eigenvalue weighted by molar-refractivity contribution is 6.30. The third-order valence-electron chi connectivity index (χ3n) is 2.18. The molecule has 1 amide bonds. The van der Waals surface area contributed by atoms with Gasteiger partial charge in [-0.2, -0.15) is 0 Å². The first kappa shape index (κ1) is 14.8. The van der Waals surface area contributed by atoms with E-state index in [1.54, 1.807) is 0 Å². The summed E-state index contributed by atoms with van der Waals surface area (Å²) in [5.41, 5.74) is 0.0701. The first-order valence-corrected chi connectivity index (χ1v) is 5.34. The van der Waals surface area contributed by atoms with Crippen molar-refractivity contribution in [1.29, 1.82) is 0 Å². The lowest BCUT2D eigenvalue weighted by Crippen LogP contribution is -2.36. The minimum atomic E-state index is -1.08. The number of amides is 1. The molecule has 0 radical (unpaired) electrons. The van der Waals surface area contributed by atoms with E-state index in [1.807, 2.05) is 0 Å². The monoisotopic (exact) mass is 279 g/mol. The molecule has 1 rings (SSSR count). The molecular formula is C11H12ClF2NO3. The second-order valence-corrected chi connectivity index (χ2v) is 3.79. The lowest BCUT2D eigenvalue weighted by Gasteiger charge is -2.13. The Morgan fingerprint density at radius 2 is 1.94 bits per heavy atom. The number of ether oxygens (including phenoxy) is 2. The van der Waals surface area contributed by atoms with Crippen molar-refractivity contribution in [1.82, 2.24) is 5.32 Å². The van der Waals surface area contributed by atoms with Gasteiger partial charge in [-0.15, -0.1) is 0 Å². The summed E-state index contributed by atoms with van der Waals surface area (Å²) in [5, 5.41) is 2.17. The molecule has 0 aliphatic heterocycles. The van der Waals surface area contributed by atoms with Crippen LogP contribution >= 0.6 is 11.6 Å². The maximum absolute atomic E-state index is 13.3. The number of carbonyl (C=O) groups excluding carboxylic acids is 1. The number of rotatable bonds is 5. The summed E-state index contributed by atoms with van der Waals surface area (Å²) in [6.07, 6.45) is -1.08. The maximum Gasteiger partial charge on any atom is 0.277 e. The van der Waals surface area contributed by atoms with Gasteiger partial charge < -0.3 is 14.8 Å². The van der Waals surface area contributed by atoms with Gasteiger partial charge in [-0.1, -0.05) is 11.6 Å². The Hall–Kier alpha value is -1.24. The molecule has 0 bridgehead atoms. The van der Waals surface area contributed by atoms with Crippen LogP contribution in [0.25, 0.3) is 0 Å². The van der Waals surface area contributed by atoms with E-state index in [1.165, 1.54) is 14.2 Å². The minimum Gasteiger partial charge on any atom is -0.348 e. The molecule has 0 aliphatic rings. The fourth-order valence-corrected chi connectivity index (χ4v) is 1.46. The number of benzene rings is 1. The van der Waals surface area contributed by atoms with Gasteiger partial charge in [-0.25, -0.2) is 8.78 Å². The number of hydrogen-bond acceptors (Lipinski definition) is 3. The summed E-state index contributed by atoms with van der Waals surface area (Å²) in [6, 6.07) is 1.77. The van der Waals surface area contributed by atoms with E-state index in [9.17, 15) is 13.6 Å². The average Bonchev–Trinajstić information content (AvgIpc) is 2.33. The van der Waals surface area contributed by atoms with Gasteiger partial charge in [-0.3, -0.25) is 4.79 Å². The lowest BCUT2D eigenvalue weighted by molar-refractivity contribution is -0.159. The first-order chi connectivity index (χ1) is 8.49. The van der Waals surface area contributed by atoms with Crippen LogP contribution in [0, 0.1) is 11.6 Å². The largest absolute Gasteiger partial charge is 0.348 e. The van der Waals surface area contributed by atoms with Gasteiger partial charge in [0.25, 0.3) is 5.91 Å². The molecule has 0 saturated carbocycles. The molecule has 0 atom stereocenters. The van der Waals surface area contributed by atoms with Crippen LogP contribution in [0.2, 0.25) is 5.02 Å². The van der Waals surface area contributed by atoms with E-state index in [0.717, 1.165) is 6.07 Å². The molecular weight excluding hydrogens is 268 g/mol. The highest BCUT2D eigenvalue weighted by Gasteiger charge is 2.17. The van der Waals surface area contributed by atoms with Crippen molar-refractivity contribution in [3.8, 4) is 0 Å². The molecule has 100 valence electrons. The summed E-state index contributed by atoms with van der Waals surface area (Å²) < 4.78 is 35.6. The standard InChI is InChI=1S/C11H12ClF2NO3/c1-17-11(18-2)10(16)15-5-6-3-7(12)9(14)4-8(6)13/h3-4,11H,5H2,1-2H3,(H,15,16). The average molecular weight is 280 g/mol. The molecule has 4 nitrogen and oxygen atoms in total. The number of halogens is 3. The van der Waals surface area contributed by atoms with Crippen LogP contribution in [-0.2, 0) is 20.8 Å². The predicted octanol–water partition coefficient (Wildman–Crippen LogP) is 1.85. The Labute approximate surface area is 108 Å². The summed E-state index contributed by atoms with van der Waals surface area (Å²) in [7, 11) is 2.59. The molecule has 0 fully saturated rings. The Kier molecular flexibility index (Phi) is 5.46. The molecule has 1 aromatic rings. The minimum absolute atomic E-state index is 0.0701. The van der Waals surface area contributed by atoms with Crippen LogP contribution in [0.3, 0.4) is 0 Å². The van der Waals surface area contributed by atoms with Crippen LogP contribution in [0.15, 0.2) is 12.1 Å². The summed E-state index contributed by atoms with van der Waals surface area (Å²) in [6.45, 7) is -0.145. The number of methoxy groups -OCH3 is 2. The zero-order valence-corrected chi connectivity index (χ0v) is 10.6. The lowest BCUT2D eigenvalue weighted by atomic mass is 10.2. The second-order valence-electron chi connectivity index (χ2n) is 3.38. The molecule has 0 aromatic heterocycles. The Morgan fingerprint density at radius 1 is 1.33 bits per heavy atom. The van der Waals surface area contributed by atoms with E-state index in [0.29, 0.717) is 6.07 Å². The first-order valence-electron chi connectivity index (χ1n) is 4.96. The van der Waals surface area contributed by atoms with Crippen LogP contribution in [0.1, 0.15) is 5.56 Å². The molecule has 1 N–H and O–H groups in total. The maximum atomic E-state index is 13.3. The van der Waals surface area contributed by atoms with Crippen molar-refractivity contribution >= 4 is 17.5 Å². The van der Waals surface area contributed by atoms with Gasteiger partial charge in [0.1, 0.15) is 11.6 Å². The SMILES string of the molecule is COC(OC)C(=O)NCc1cc(Cl)c(F)cc1F. The molecule has 0 saturated heterocycles. The van der Waals surface area contributed by atoms with Crippen LogP contribution in [-0.4, -0.2) is 26.4 Å². The van der Waals surface area contributed by atoms with Gasteiger partial charge in [-0.05, 0) is 6.07 Å². The van der Waals surface area contributed by atoms with Crippen LogP contribution < -0.4 is 5.32 Å². The smallest absolute Gasteiger partial charge is 0.277 e. The fraction of sp³-hybridized carbons (Fsp3) is 0.364. The van der Waals surface area contributed by atoms with E-state index in [2.05, 4.69) is 5.32 Å². The third-order valence-corrected chi connectivity index (χ3v) is 2.47. The van der Waals surface area contributed by atoms with Gasteiger partial charge in [0.2, 0.25) is 6.29 Å². The van der Waals surface area contributed by atoms with E-state index in [4.69, 9.17) is 21.1 Å². The zero-order chi connectivity index (χ0) is 13.7. The van der Waals surface area contributed by atoms with E-state index in [-0.39, 0.29) is 17.1 Å². The Morgan fingerprint density at radius 3 is 2.50 bits per heavy atom. The molecule has 0 aliphatic carbocycles. The molecule has 18 heavy (non-hydrogen) atoms. The van der Waals surface area contributed by atoms with Crippen LogP contribution in [0.5, 0.6) is 0 Å². The van der Waals surface area contributed by atoms with Crippen LogP contribution in [0.4, 0.5) is 8.78 Å². The number of nitrogens with one attached hydrogen (secondary N) is 1. The van der Waals surface area contributed by atoms with E-state index >= 15 is 0 Å². The summed E-state index contributed by atoms with van der Waals surface area (Å²) in [4.78, 5) is 11.5. The molecule has 0 spiro atoms. The normalized spacial score (nSPS) is 10.8. The summed E-state index contributed by atoms with van der Waals surface area (Å²) >= 11 is 5.51. The Balaban J connectivity index is 2.69. The molecule has 0 unspecified atom stereocenters. The molecule has 7 heteroatoms. The quantitative estimate of drug-likeness (QED) is 0.661. The zero-order valence-electron chi connectivity index (χ0n) is 9.80. The number of hydrogen-bond donors (Lipinski definition) is 1. The number of carbonyl (C=O) groups is 1. The van der Waals surface area contributed by atoms with Crippen molar-refractivity contribution in [3.63, 3.8) is 0 Å². The Bertz CT molecular complexity index is 439. The van der Waals surface area contributed by atoms with Crippen molar-refractivity contribution < 1.29 is 23.0 Å². The molecule has 0 heterocycles. The van der Waals surface area contributed by atoms with Crippen molar-refractivity contribution in [3.05, 3.63) is 34.4 Å². The van der Waals surface area contributed by atoms with Gasteiger partial charge in [0.15, 0.2) is 0 Å². The van der Waals surface area contributed by atoms with Crippen molar-refractivity contribution in [2.24, 2.45) is 0 Å². The van der Waals surface area contributed by atoms with Gasteiger partial charge in [0, 0.05) is 32.4 Å². The van der Waals surface area contributed by atoms with Gasteiger partial charge >= 0.3 is 0 Å². The highest BCUT2D eigenvalue weighted by Crippen LogP contribution is 2.19. The third kappa shape index (κ3) is 3.63. The van der Waals surface area contributed by atoms with Crippen molar-refractivity contribution in [2.75, 3.05) is 14.2 Å². The molecule has 1 aromatic carbocycles. The second kappa shape index (κ2) is 6.63. The topological polar surface area (TPSA) is 47.6 Å². The van der Waals surface area contributed by atoms with Gasteiger partial charge in [0.05, 0.1) is 5.02 Å². The predicted molar refractivity (Wildman–Crippen MR) is 61.0 cm³/mol. The fourth-order valence-electron chi connectivity index (χ4n) is 1.28. The van der Waals surface area contributed by atoms with E-state index < -0.39 is 23.8 Å². The highest BCUT2D eigenvalue weighted by atomic mass is 35.5.